The second-order valence-corrected chi connectivity index (χ2v) is 3.93. The maximum absolute atomic E-state index is 9.97. The van der Waals surface area contributed by atoms with Crippen molar-refractivity contribution in [1.29, 1.82) is 0 Å². The normalized spacial score (nSPS) is 9.18. The highest BCUT2D eigenvalue weighted by molar-refractivity contribution is 9.11. The summed E-state index contributed by atoms with van der Waals surface area (Å²) in [7, 11) is 0. The molecule has 1 heterocycles. The third-order valence-corrected chi connectivity index (χ3v) is 2.15. The summed E-state index contributed by atoms with van der Waals surface area (Å²) in [4.78, 5) is 13.8. The molecule has 0 aromatic carbocycles. The van der Waals surface area contributed by atoms with Crippen molar-refractivity contribution in [3.05, 3.63) is 9.98 Å². The van der Waals surface area contributed by atoms with Gasteiger partial charge in [-0.1, -0.05) is 11.3 Å². The Morgan fingerprint density at radius 3 is 3.00 bits per heavy atom. The first kappa shape index (κ1) is 8.28. The van der Waals surface area contributed by atoms with Crippen molar-refractivity contribution in [3.63, 3.8) is 0 Å². The van der Waals surface area contributed by atoms with Gasteiger partial charge in [-0.2, -0.15) is 0 Å². The number of hydrogen-bond acceptors (Lipinski definition) is 4. The molecule has 1 amide bonds. The summed E-state index contributed by atoms with van der Waals surface area (Å²) >= 11 is 4.48. The van der Waals surface area contributed by atoms with Gasteiger partial charge in [-0.05, 0) is 15.9 Å². The number of thiazole rings is 1. The number of nitrogens with zero attached hydrogens (tertiary/aromatic N) is 1. The lowest BCUT2D eigenvalue weighted by molar-refractivity contribution is 0.197. The molecule has 1 rings (SSSR count). The zero-order chi connectivity index (χ0) is 8.27. The van der Waals surface area contributed by atoms with Crippen LogP contribution in [0, 0.1) is 0 Å². The molecule has 1 aromatic rings. The first-order valence-corrected chi connectivity index (χ1v) is 4.15. The third kappa shape index (κ3) is 2.72. The lowest BCUT2D eigenvalue weighted by atomic mass is 11.0. The topological polar surface area (TPSA) is 74.2 Å². The van der Waals surface area contributed by atoms with Crippen molar-refractivity contribution in [3.8, 4) is 0 Å². The van der Waals surface area contributed by atoms with E-state index in [1.54, 1.807) is 6.20 Å². The van der Waals surface area contributed by atoms with Gasteiger partial charge in [-0.15, -0.1) is 0 Å². The average Bonchev–Trinajstić information content (AvgIpc) is 2.31. The Morgan fingerprint density at radius 2 is 2.55 bits per heavy atom. The van der Waals surface area contributed by atoms with E-state index in [1.165, 1.54) is 11.3 Å². The van der Waals surface area contributed by atoms with Gasteiger partial charge in [0.2, 0.25) is 5.13 Å². The fourth-order valence-electron chi connectivity index (χ4n) is 0.419. The largest absolute Gasteiger partial charge is 0.464 e. The number of hydrogen-bond donors (Lipinski definition) is 3. The van der Waals surface area contributed by atoms with E-state index in [9.17, 15) is 4.79 Å². The Kier molecular flexibility index (Phi) is 2.66. The maximum atomic E-state index is 9.97. The van der Waals surface area contributed by atoms with E-state index in [0.717, 1.165) is 3.79 Å². The number of nitrogens with one attached hydrogen (secondary N) is 2. The summed E-state index contributed by atoms with van der Waals surface area (Å²) in [6.07, 6.45) is 0.438. The second kappa shape index (κ2) is 3.54. The van der Waals surface area contributed by atoms with Crippen LogP contribution in [0.15, 0.2) is 9.98 Å². The molecule has 11 heavy (non-hydrogen) atoms. The Hall–Kier alpha value is -0.820. The molecule has 0 atom stereocenters. The van der Waals surface area contributed by atoms with Gasteiger partial charge in [0.05, 0.1) is 9.98 Å². The fraction of sp³-hybridized carbons (Fsp3) is 0. The van der Waals surface area contributed by atoms with Crippen LogP contribution in [0.5, 0.6) is 0 Å². The van der Waals surface area contributed by atoms with Crippen LogP contribution >= 0.6 is 27.3 Å². The van der Waals surface area contributed by atoms with Gasteiger partial charge in [-0.3, -0.25) is 5.43 Å². The van der Waals surface area contributed by atoms with Crippen LogP contribution in [0.25, 0.3) is 0 Å². The van der Waals surface area contributed by atoms with E-state index in [2.05, 4.69) is 26.3 Å². The fourth-order valence-corrected chi connectivity index (χ4v) is 1.48. The van der Waals surface area contributed by atoms with Crippen LogP contribution in [0.1, 0.15) is 0 Å². The van der Waals surface area contributed by atoms with Gasteiger partial charge >= 0.3 is 6.09 Å². The van der Waals surface area contributed by atoms with Gasteiger partial charge in [0.15, 0.2) is 0 Å². The average molecular weight is 238 g/mol. The zero-order valence-electron chi connectivity index (χ0n) is 5.17. The zero-order valence-corrected chi connectivity index (χ0v) is 7.57. The molecule has 3 N–H and O–H groups in total. The molecule has 0 unspecified atom stereocenters. The summed E-state index contributed by atoms with van der Waals surface area (Å²) in [5.74, 6) is 0. The SMILES string of the molecule is O=C(O)NNc1ncc(Br)s1. The Labute approximate surface area is 74.5 Å². The van der Waals surface area contributed by atoms with Gasteiger partial charge in [0, 0.05) is 0 Å². The molecule has 0 bridgehead atoms. The van der Waals surface area contributed by atoms with Gasteiger partial charge in [0.25, 0.3) is 0 Å². The first-order valence-electron chi connectivity index (χ1n) is 2.55. The molecule has 0 aliphatic rings. The molecule has 0 saturated carbocycles. The number of halogens is 1. The summed E-state index contributed by atoms with van der Waals surface area (Å²) < 4.78 is 0.840. The molecule has 1 aromatic heterocycles. The molecule has 0 radical (unpaired) electrons. The van der Waals surface area contributed by atoms with Crippen LogP contribution in [-0.4, -0.2) is 16.2 Å². The van der Waals surface area contributed by atoms with Crippen molar-refractivity contribution in [2.45, 2.75) is 0 Å². The van der Waals surface area contributed by atoms with Crippen molar-refractivity contribution in [1.82, 2.24) is 10.4 Å². The van der Waals surface area contributed by atoms with E-state index in [-0.39, 0.29) is 0 Å². The highest BCUT2D eigenvalue weighted by Gasteiger charge is 1.98. The predicted octanol–water partition coefficient (Wildman–Crippen LogP) is 1.50. The van der Waals surface area contributed by atoms with Crippen LogP contribution in [0.4, 0.5) is 9.93 Å². The lowest BCUT2D eigenvalue weighted by Gasteiger charge is -1.97. The number of carbonyl (C=O) groups is 1. The van der Waals surface area contributed by atoms with Crippen LogP contribution < -0.4 is 10.9 Å². The van der Waals surface area contributed by atoms with Gasteiger partial charge < -0.3 is 5.11 Å². The van der Waals surface area contributed by atoms with Crippen molar-refractivity contribution in [2.75, 3.05) is 5.43 Å². The summed E-state index contributed by atoms with van der Waals surface area (Å²) in [5.41, 5.74) is 4.36. The molecule has 60 valence electrons. The number of amides is 1. The third-order valence-electron chi connectivity index (χ3n) is 0.754. The lowest BCUT2D eigenvalue weighted by Crippen LogP contribution is -2.27. The van der Waals surface area contributed by atoms with Crippen molar-refractivity contribution >= 4 is 38.5 Å². The highest BCUT2D eigenvalue weighted by atomic mass is 79.9. The smallest absolute Gasteiger partial charge is 0.423 e. The van der Waals surface area contributed by atoms with E-state index in [0.29, 0.717) is 5.13 Å². The van der Waals surface area contributed by atoms with E-state index >= 15 is 0 Å². The van der Waals surface area contributed by atoms with Crippen molar-refractivity contribution in [2.24, 2.45) is 0 Å². The second-order valence-electron chi connectivity index (χ2n) is 1.52. The molecular formula is C4H4BrN3O2S. The summed E-state index contributed by atoms with van der Waals surface area (Å²) in [6, 6.07) is 0. The molecule has 5 nitrogen and oxygen atoms in total. The van der Waals surface area contributed by atoms with E-state index in [1.807, 2.05) is 5.43 Å². The molecule has 0 spiro atoms. The summed E-state index contributed by atoms with van der Waals surface area (Å²) in [5, 5.41) is 8.67. The molecule has 0 saturated heterocycles. The number of aromatic nitrogens is 1. The number of anilines is 1. The Morgan fingerprint density at radius 1 is 1.82 bits per heavy atom. The monoisotopic (exact) mass is 237 g/mol. The van der Waals surface area contributed by atoms with E-state index < -0.39 is 6.09 Å². The molecule has 0 aliphatic carbocycles. The number of rotatable bonds is 2. The minimum absolute atomic E-state index is 0.499. The minimum Gasteiger partial charge on any atom is -0.464 e. The van der Waals surface area contributed by atoms with Crippen LogP contribution in [0.3, 0.4) is 0 Å². The van der Waals surface area contributed by atoms with Gasteiger partial charge in [-0.25, -0.2) is 15.2 Å². The minimum atomic E-state index is -1.14. The molecule has 7 heteroatoms. The molecule has 0 aliphatic heterocycles. The highest BCUT2D eigenvalue weighted by Crippen LogP contribution is 2.22. The quantitative estimate of drug-likeness (QED) is 0.682. The molecule has 0 fully saturated rings. The van der Waals surface area contributed by atoms with Crippen LogP contribution in [-0.2, 0) is 0 Å². The Balaban J connectivity index is 2.45. The van der Waals surface area contributed by atoms with Crippen LogP contribution in [0.2, 0.25) is 0 Å². The van der Waals surface area contributed by atoms with Crippen molar-refractivity contribution < 1.29 is 9.90 Å². The predicted molar refractivity (Wildman–Crippen MR) is 44.6 cm³/mol. The number of hydrazine groups is 1. The van der Waals surface area contributed by atoms with Gasteiger partial charge in [0.1, 0.15) is 0 Å². The van der Waals surface area contributed by atoms with E-state index in [4.69, 9.17) is 5.11 Å². The standard InChI is InChI=1S/C4H4BrN3O2S/c5-2-1-6-3(11-2)7-8-4(9)10/h1,8H,(H,6,7)(H,9,10). The number of carboxylic acid groups (broad SMARTS) is 1. The Bertz CT molecular complexity index is 264. The molecular weight excluding hydrogens is 234 g/mol. The maximum Gasteiger partial charge on any atom is 0.423 e. The summed E-state index contributed by atoms with van der Waals surface area (Å²) in [6.45, 7) is 0. The first-order chi connectivity index (χ1) is 5.18.